The molecule has 0 aliphatic heterocycles. The summed E-state index contributed by atoms with van der Waals surface area (Å²) in [5.74, 6) is 0.900. The smallest absolute Gasteiger partial charge is 0.252 e. The number of hydrogen-bond acceptors (Lipinski definition) is 3. The summed E-state index contributed by atoms with van der Waals surface area (Å²) >= 11 is 6.08. The van der Waals surface area contributed by atoms with Crippen LogP contribution in [-0.4, -0.2) is 46.4 Å². The molecule has 3 aromatic rings. The molecule has 0 saturated carbocycles. The largest absolute Gasteiger partial charge is 0.352 e. The van der Waals surface area contributed by atoms with Gasteiger partial charge >= 0.3 is 0 Å². The minimum atomic E-state index is -0.145. The number of carbonyl (C=O) groups is 2. The van der Waals surface area contributed by atoms with Crippen molar-refractivity contribution >= 4 is 34.4 Å². The molecule has 1 N–H and O–H groups in total. The summed E-state index contributed by atoms with van der Waals surface area (Å²) in [6, 6.07) is 15.0. The Morgan fingerprint density at radius 1 is 1.03 bits per heavy atom. The molecule has 0 spiro atoms. The van der Waals surface area contributed by atoms with E-state index in [0.717, 1.165) is 61.9 Å². The number of rotatable bonds is 12. The van der Waals surface area contributed by atoms with E-state index in [9.17, 15) is 9.59 Å². The molecule has 0 bridgehead atoms. The van der Waals surface area contributed by atoms with Crippen molar-refractivity contribution in [2.75, 3.05) is 20.1 Å². The van der Waals surface area contributed by atoms with Gasteiger partial charge < -0.3 is 14.8 Å². The Morgan fingerprint density at radius 2 is 1.79 bits per heavy atom. The van der Waals surface area contributed by atoms with Gasteiger partial charge in [0.15, 0.2) is 0 Å². The summed E-state index contributed by atoms with van der Waals surface area (Å²) in [5, 5.41) is 3.39. The minimum Gasteiger partial charge on any atom is -0.352 e. The summed E-state index contributed by atoms with van der Waals surface area (Å²) in [7, 11) is 1.87. The van der Waals surface area contributed by atoms with Gasteiger partial charge in [-0.1, -0.05) is 55.6 Å². The van der Waals surface area contributed by atoms with Crippen molar-refractivity contribution in [3.8, 4) is 0 Å². The molecule has 0 radical (unpaired) electrons. The fourth-order valence-corrected chi connectivity index (χ4v) is 4.02. The first-order valence-electron chi connectivity index (χ1n) is 11.7. The predicted molar refractivity (Wildman–Crippen MR) is 134 cm³/mol. The number of para-hydroxylation sites is 2. The molecule has 2 amide bonds. The number of nitrogens with zero attached hydrogens (tertiary/aromatic N) is 3. The highest BCUT2D eigenvalue weighted by Crippen LogP contribution is 2.18. The van der Waals surface area contributed by atoms with Crippen LogP contribution in [0.2, 0.25) is 5.02 Å². The Morgan fingerprint density at radius 3 is 2.58 bits per heavy atom. The van der Waals surface area contributed by atoms with Gasteiger partial charge in [-0.05, 0) is 43.5 Å². The van der Waals surface area contributed by atoms with Crippen LogP contribution >= 0.6 is 11.6 Å². The van der Waals surface area contributed by atoms with Crippen LogP contribution in [0.25, 0.3) is 11.0 Å². The van der Waals surface area contributed by atoms with Crippen LogP contribution < -0.4 is 5.32 Å². The van der Waals surface area contributed by atoms with Gasteiger partial charge in [-0.3, -0.25) is 9.59 Å². The molecule has 0 atom stereocenters. The molecule has 1 heterocycles. The maximum Gasteiger partial charge on any atom is 0.252 e. The summed E-state index contributed by atoms with van der Waals surface area (Å²) in [4.78, 5) is 31.6. The highest BCUT2D eigenvalue weighted by Gasteiger charge is 2.16. The number of imidazole rings is 1. The van der Waals surface area contributed by atoms with Crippen molar-refractivity contribution in [2.45, 2.75) is 52.0 Å². The first-order chi connectivity index (χ1) is 16.0. The monoisotopic (exact) mass is 468 g/mol. The maximum atomic E-state index is 12.8. The zero-order chi connectivity index (χ0) is 23.6. The summed E-state index contributed by atoms with van der Waals surface area (Å²) < 4.78 is 2.05. The lowest BCUT2D eigenvalue weighted by atomic mass is 10.1. The van der Waals surface area contributed by atoms with Crippen LogP contribution in [0.15, 0.2) is 48.5 Å². The Hall–Kier alpha value is -2.86. The van der Waals surface area contributed by atoms with Crippen molar-refractivity contribution in [2.24, 2.45) is 0 Å². The van der Waals surface area contributed by atoms with E-state index in [1.54, 1.807) is 18.2 Å². The van der Waals surface area contributed by atoms with E-state index in [0.29, 0.717) is 23.7 Å². The van der Waals surface area contributed by atoms with Gasteiger partial charge in [-0.25, -0.2) is 4.98 Å². The van der Waals surface area contributed by atoms with Gasteiger partial charge in [0.05, 0.1) is 21.6 Å². The van der Waals surface area contributed by atoms with E-state index in [4.69, 9.17) is 16.6 Å². The summed E-state index contributed by atoms with van der Waals surface area (Å²) in [6.07, 6.45) is 5.62. The average Bonchev–Trinajstić information content (AvgIpc) is 3.16. The van der Waals surface area contributed by atoms with Gasteiger partial charge in [0.25, 0.3) is 5.91 Å². The molecule has 0 saturated heterocycles. The fourth-order valence-electron chi connectivity index (χ4n) is 3.80. The third-order valence-corrected chi connectivity index (χ3v) is 6.11. The Balaban J connectivity index is 1.52. The van der Waals surface area contributed by atoms with Crippen molar-refractivity contribution in [1.82, 2.24) is 19.8 Å². The Kier molecular flexibility index (Phi) is 9.31. The SMILES string of the molecule is CCCCN(C)C(=O)Cn1c(CCCCCNC(=O)c2ccccc2Cl)nc2ccccc21. The predicted octanol–water partition coefficient (Wildman–Crippen LogP) is 5.09. The third kappa shape index (κ3) is 6.81. The maximum absolute atomic E-state index is 12.8. The third-order valence-electron chi connectivity index (χ3n) is 5.78. The number of benzene rings is 2. The molecular weight excluding hydrogens is 436 g/mol. The minimum absolute atomic E-state index is 0.107. The molecule has 176 valence electrons. The highest BCUT2D eigenvalue weighted by molar-refractivity contribution is 6.33. The van der Waals surface area contributed by atoms with E-state index >= 15 is 0 Å². The Labute approximate surface area is 200 Å². The molecule has 7 heteroatoms. The van der Waals surface area contributed by atoms with Crippen molar-refractivity contribution in [3.63, 3.8) is 0 Å². The molecule has 0 aliphatic carbocycles. The number of aryl methyl sites for hydroxylation is 1. The Bertz CT molecular complexity index is 1080. The normalized spacial score (nSPS) is 11.0. The first kappa shape index (κ1) is 24.8. The summed E-state index contributed by atoms with van der Waals surface area (Å²) in [5.41, 5.74) is 2.42. The second kappa shape index (κ2) is 12.4. The number of hydrogen-bond donors (Lipinski definition) is 1. The average molecular weight is 469 g/mol. The lowest BCUT2D eigenvalue weighted by Crippen LogP contribution is -2.31. The number of fused-ring (bicyclic) bond motifs is 1. The molecule has 0 aliphatic rings. The van der Waals surface area contributed by atoms with Crippen LogP contribution in [-0.2, 0) is 17.8 Å². The van der Waals surface area contributed by atoms with Crippen LogP contribution in [0.1, 0.15) is 55.2 Å². The number of amides is 2. The highest BCUT2D eigenvalue weighted by atomic mass is 35.5. The number of halogens is 1. The van der Waals surface area contributed by atoms with Crippen LogP contribution in [0.4, 0.5) is 0 Å². The van der Waals surface area contributed by atoms with Crippen molar-refractivity contribution < 1.29 is 9.59 Å². The van der Waals surface area contributed by atoms with Crippen molar-refractivity contribution in [1.29, 1.82) is 0 Å². The van der Waals surface area contributed by atoms with E-state index in [-0.39, 0.29) is 11.8 Å². The number of unbranched alkanes of at least 4 members (excludes halogenated alkanes) is 3. The second-order valence-corrected chi connectivity index (χ2v) is 8.73. The molecule has 0 fully saturated rings. The van der Waals surface area contributed by atoms with Gasteiger partial charge in [0.2, 0.25) is 5.91 Å². The molecule has 2 aromatic carbocycles. The van der Waals surface area contributed by atoms with Crippen molar-refractivity contribution in [3.05, 3.63) is 64.9 Å². The fraction of sp³-hybridized carbons (Fsp3) is 0.423. The molecule has 1 aromatic heterocycles. The molecule has 33 heavy (non-hydrogen) atoms. The van der Waals surface area contributed by atoms with E-state index < -0.39 is 0 Å². The van der Waals surface area contributed by atoms with Gasteiger partial charge in [-0.2, -0.15) is 0 Å². The van der Waals surface area contributed by atoms with E-state index in [2.05, 4.69) is 16.8 Å². The topological polar surface area (TPSA) is 67.2 Å². The molecule has 3 rings (SSSR count). The lowest BCUT2D eigenvalue weighted by molar-refractivity contribution is -0.130. The second-order valence-electron chi connectivity index (χ2n) is 8.32. The van der Waals surface area contributed by atoms with E-state index in [1.807, 2.05) is 42.3 Å². The summed E-state index contributed by atoms with van der Waals surface area (Å²) in [6.45, 7) is 3.81. The van der Waals surface area contributed by atoms with Gasteiger partial charge in [0, 0.05) is 26.6 Å². The van der Waals surface area contributed by atoms with Gasteiger partial charge in [0.1, 0.15) is 12.4 Å². The van der Waals surface area contributed by atoms with Crippen LogP contribution in [0, 0.1) is 0 Å². The lowest BCUT2D eigenvalue weighted by Gasteiger charge is -2.18. The molecule has 6 nitrogen and oxygen atoms in total. The zero-order valence-corrected chi connectivity index (χ0v) is 20.3. The number of carbonyl (C=O) groups excluding carboxylic acids is 2. The van der Waals surface area contributed by atoms with E-state index in [1.165, 1.54) is 0 Å². The quantitative estimate of drug-likeness (QED) is 0.376. The van der Waals surface area contributed by atoms with Crippen LogP contribution in [0.3, 0.4) is 0 Å². The number of likely N-dealkylation sites (N-methyl/N-ethyl adjacent to an activating group) is 1. The number of aromatic nitrogens is 2. The standard InChI is InChI=1S/C26H33ClN4O2/c1-3-4-18-30(2)25(32)19-31-23-15-10-9-14-22(23)29-24(31)16-6-5-11-17-28-26(33)20-12-7-8-13-21(20)27/h7-10,12-15H,3-6,11,16-19H2,1-2H3,(H,28,33). The molecular formula is C26H33ClN4O2. The first-order valence-corrected chi connectivity index (χ1v) is 12.1. The van der Waals surface area contributed by atoms with Gasteiger partial charge in [-0.15, -0.1) is 0 Å². The zero-order valence-electron chi connectivity index (χ0n) is 19.5. The molecule has 0 unspecified atom stereocenters. The number of nitrogens with one attached hydrogen (secondary N) is 1. The van der Waals surface area contributed by atoms with Crippen LogP contribution in [0.5, 0.6) is 0 Å².